The molecule has 2 heterocycles. The van der Waals surface area contributed by atoms with E-state index >= 15 is 0 Å². The summed E-state index contributed by atoms with van der Waals surface area (Å²) in [4.78, 5) is 0. The third-order valence-electron chi connectivity index (χ3n) is 3.75. The van der Waals surface area contributed by atoms with E-state index in [0.29, 0.717) is 5.92 Å². The molecule has 3 rings (SSSR count). The molecule has 100 valence electrons. The Morgan fingerprint density at radius 2 is 2.32 bits per heavy atom. The summed E-state index contributed by atoms with van der Waals surface area (Å²) in [5.74, 6) is 1.35. The van der Waals surface area contributed by atoms with Gasteiger partial charge in [0.1, 0.15) is 5.75 Å². The van der Waals surface area contributed by atoms with Crippen LogP contribution in [0.15, 0.2) is 36.7 Å². The fraction of sp³-hybridized carbons (Fsp3) is 0.400. The van der Waals surface area contributed by atoms with E-state index in [-0.39, 0.29) is 6.04 Å². The molecule has 19 heavy (non-hydrogen) atoms. The maximum absolute atomic E-state index is 6.41. The van der Waals surface area contributed by atoms with E-state index in [1.54, 1.807) is 0 Å². The number of para-hydroxylation sites is 1. The van der Waals surface area contributed by atoms with Crippen LogP contribution in [0.4, 0.5) is 0 Å². The predicted molar refractivity (Wildman–Crippen MR) is 74.2 cm³/mol. The van der Waals surface area contributed by atoms with E-state index in [9.17, 15) is 0 Å². The topological polar surface area (TPSA) is 53.1 Å². The van der Waals surface area contributed by atoms with Crippen molar-refractivity contribution in [3.05, 3.63) is 47.8 Å². The van der Waals surface area contributed by atoms with Crippen LogP contribution in [0, 0.1) is 0 Å². The SMILES string of the molecule is Cn1cc(CC(N)C2CCOc3ccccc32)cn1. The third-order valence-corrected chi connectivity index (χ3v) is 3.75. The van der Waals surface area contributed by atoms with Gasteiger partial charge in [0.05, 0.1) is 12.8 Å². The molecule has 0 radical (unpaired) electrons. The molecule has 1 aromatic heterocycles. The third kappa shape index (κ3) is 2.49. The van der Waals surface area contributed by atoms with Gasteiger partial charge in [0.2, 0.25) is 0 Å². The molecular formula is C15H19N3O. The molecule has 0 fully saturated rings. The van der Waals surface area contributed by atoms with Gasteiger partial charge >= 0.3 is 0 Å². The fourth-order valence-electron chi connectivity index (χ4n) is 2.81. The second-order valence-electron chi connectivity index (χ2n) is 5.17. The highest BCUT2D eigenvalue weighted by molar-refractivity contribution is 5.38. The zero-order chi connectivity index (χ0) is 13.2. The molecule has 2 unspecified atom stereocenters. The summed E-state index contributed by atoms with van der Waals surface area (Å²) in [6.07, 6.45) is 5.77. The average molecular weight is 257 g/mol. The Morgan fingerprint density at radius 1 is 1.47 bits per heavy atom. The molecule has 1 aliphatic heterocycles. The van der Waals surface area contributed by atoms with Crippen molar-refractivity contribution in [3.63, 3.8) is 0 Å². The number of ether oxygens (including phenoxy) is 1. The first-order valence-electron chi connectivity index (χ1n) is 6.69. The van der Waals surface area contributed by atoms with E-state index in [2.05, 4.69) is 17.2 Å². The molecule has 1 aliphatic rings. The van der Waals surface area contributed by atoms with Crippen molar-refractivity contribution in [2.45, 2.75) is 24.8 Å². The zero-order valence-electron chi connectivity index (χ0n) is 11.1. The highest BCUT2D eigenvalue weighted by atomic mass is 16.5. The quantitative estimate of drug-likeness (QED) is 0.913. The van der Waals surface area contributed by atoms with Crippen molar-refractivity contribution in [1.29, 1.82) is 0 Å². The van der Waals surface area contributed by atoms with E-state index in [1.165, 1.54) is 11.1 Å². The van der Waals surface area contributed by atoms with E-state index < -0.39 is 0 Å². The van der Waals surface area contributed by atoms with Gasteiger partial charge in [-0.05, 0) is 30.0 Å². The number of rotatable bonds is 3. The van der Waals surface area contributed by atoms with Gasteiger partial charge < -0.3 is 10.5 Å². The number of benzene rings is 1. The smallest absolute Gasteiger partial charge is 0.122 e. The Labute approximate surface area is 113 Å². The first-order chi connectivity index (χ1) is 9.24. The van der Waals surface area contributed by atoms with Crippen LogP contribution in [0.25, 0.3) is 0 Å². The average Bonchev–Trinajstić information content (AvgIpc) is 2.83. The van der Waals surface area contributed by atoms with Crippen molar-refractivity contribution in [2.24, 2.45) is 12.8 Å². The van der Waals surface area contributed by atoms with Crippen LogP contribution in [0.1, 0.15) is 23.5 Å². The van der Waals surface area contributed by atoms with Crippen LogP contribution >= 0.6 is 0 Å². The minimum Gasteiger partial charge on any atom is -0.493 e. The highest BCUT2D eigenvalue weighted by Gasteiger charge is 2.26. The van der Waals surface area contributed by atoms with E-state index in [1.807, 2.05) is 36.3 Å². The monoisotopic (exact) mass is 257 g/mol. The molecule has 2 atom stereocenters. The zero-order valence-corrected chi connectivity index (χ0v) is 11.1. The minimum absolute atomic E-state index is 0.106. The van der Waals surface area contributed by atoms with Crippen LogP contribution in [0.5, 0.6) is 5.75 Å². The molecule has 0 saturated heterocycles. The van der Waals surface area contributed by atoms with Crippen LogP contribution in [-0.4, -0.2) is 22.4 Å². The first-order valence-corrected chi connectivity index (χ1v) is 6.69. The summed E-state index contributed by atoms with van der Waals surface area (Å²) in [7, 11) is 1.93. The van der Waals surface area contributed by atoms with Crippen LogP contribution in [0.3, 0.4) is 0 Å². The minimum atomic E-state index is 0.106. The van der Waals surface area contributed by atoms with Gasteiger partial charge in [-0.25, -0.2) is 0 Å². The van der Waals surface area contributed by atoms with Crippen molar-refractivity contribution >= 4 is 0 Å². The lowest BCUT2D eigenvalue weighted by Gasteiger charge is -2.30. The van der Waals surface area contributed by atoms with Crippen LogP contribution < -0.4 is 10.5 Å². The number of aromatic nitrogens is 2. The molecule has 4 nitrogen and oxygen atoms in total. The summed E-state index contributed by atoms with van der Waals surface area (Å²) in [6.45, 7) is 0.752. The van der Waals surface area contributed by atoms with Crippen LogP contribution in [0.2, 0.25) is 0 Å². The van der Waals surface area contributed by atoms with Gasteiger partial charge in [-0.2, -0.15) is 5.10 Å². The molecule has 0 bridgehead atoms. The van der Waals surface area contributed by atoms with Crippen LogP contribution in [-0.2, 0) is 13.5 Å². The molecule has 0 saturated carbocycles. The Kier molecular flexibility index (Phi) is 3.25. The molecule has 1 aromatic carbocycles. The Morgan fingerprint density at radius 3 is 3.11 bits per heavy atom. The highest BCUT2D eigenvalue weighted by Crippen LogP contribution is 2.35. The Hall–Kier alpha value is -1.81. The van der Waals surface area contributed by atoms with Gasteiger partial charge in [-0.3, -0.25) is 4.68 Å². The standard InChI is InChI=1S/C15H19N3O/c1-18-10-11(9-17-18)8-14(16)12-6-7-19-15-5-3-2-4-13(12)15/h2-5,9-10,12,14H,6-8,16H2,1H3. The van der Waals surface area contributed by atoms with Gasteiger partial charge in [-0.1, -0.05) is 18.2 Å². The maximum Gasteiger partial charge on any atom is 0.122 e. The lowest BCUT2D eigenvalue weighted by atomic mass is 9.84. The lowest BCUT2D eigenvalue weighted by molar-refractivity contribution is 0.254. The number of fused-ring (bicyclic) bond motifs is 1. The normalized spacial score (nSPS) is 19.6. The number of nitrogens with zero attached hydrogens (tertiary/aromatic N) is 2. The van der Waals surface area contributed by atoms with E-state index in [0.717, 1.165) is 25.2 Å². The van der Waals surface area contributed by atoms with Gasteiger partial charge in [0, 0.05) is 25.2 Å². The lowest BCUT2D eigenvalue weighted by Crippen LogP contribution is -2.33. The second kappa shape index (κ2) is 5.05. The first kappa shape index (κ1) is 12.2. The molecule has 2 N–H and O–H groups in total. The Bertz CT molecular complexity index is 564. The molecule has 2 aromatic rings. The second-order valence-corrected chi connectivity index (χ2v) is 5.17. The number of nitrogens with two attached hydrogens (primary N) is 1. The van der Waals surface area contributed by atoms with Gasteiger partial charge in [0.25, 0.3) is 0 Å². The molecule has 0 spiro atoms. The fourth-order valence-corrected chi connectivity index (χ4v) is 2.81. The molecular weight excluding hydrogens is 238 g/mol. The van der Waals surface area contributed by atoms with Crippen molar-refractivity contribution < 1.29 is 4.74 Å². The summed E-state index contributed by atoms with van der Waals surface area (Å²) < 4.78 is 7.51. The van der Waals surface area contributed by atoms with Crippen molar-refractivity contribution in [1.82, 2.24) is 9.78 Å². The number of hydrogen-bond donors (Lipinski definition) is 1. The maximum atomic E-state index is 6.41. The molecule has 0 amide bonds. The van der Waals surface area contributed by atoms with Crippen molar-refractivity contribution in [3.8, 4) is 5.75 Å². The largest absolute Gasteiger partial charge is 0.493 e. The molecule has 0 aliphatic carbocycles. The summed E-state index contributed by atoms with van der Waals surface area (Å²) in [5, 5.41) is 4.20. The summed E-state index contributed by atoms with van der Waals surface area (Å²) >= 11 is 0. The number of hydrogen-bond acceptors (Lipinski definition) is 3. The van der Waals surface area contributed by atoms with Gasteiger partial charge in [0.15, 0.2) is 0 Å². The van der Waals surface area contributed by atoms with Crippen molar-refractivity contribution in [2.75, 3.05) is 6.61 Å². The number of aryl methyl sites for hydroxylation is 1. The Balaban J connectivity index is 1.79. The van der Waals surface area contributed by atoms with E-state index in [4.69, 9.17) is 10.5 Å². The predicted octanol–water partition coefficient (Wildman–Crippen LogP) is 1.86. The van der Waals surface area contributed by atoms with Gasteiger partial charge in [-0.15, -0.1) is 0 Å². The summed E-state index contributed by atoms with van der Waals surface area (Å²) in [6, 6.07) is 8.32. The molecule has 4 heteroatoms. The summed E-state index contributed by atoms with van der Waals surface area (Å²) in [5.41, 5.74) is 8.85.